The number of nitrogens with zero attached hydrogens (tertiary/aromatic N) is 1. The van der Waals surface area contributed by atoms with E-state index >= 15 is 0 Å². The van der Waals surface area contributed by atoms with E-state index in [-0.39, 0.29) is 11.7 Å². The Balaban J connectivity index is 2.19. The van der Waals surface area contributed by atoms with Gasteiger partial charge in [0.15, 0.2) is 0 Å². The first kappa shape index (κ1) is 15.1. The number of methoxy groups -OCH3 is 1. The van der Waals surface area contributed by atoms with Crippen LogP contribution in [0.1, 0.15) is 28.9 Å². The van der Waals surface area contributed by atoms with Gasteiger partial charge in [-0.2, -0.15) is 0 Å². The van der Waals surface area contributed by atoms with Gasteiger partial charge in [0.1, 0.15) is 5.82 Å². The lowest BCUT2D eigenvalue weighted by Gasteiger charge is -2.16. The number of hydrogen-bond donors (Lipinski definition) is 2. The Morgan fingerprint density at radius 1 is 1.38 bits per heavy atom. The van der Waals surface area contributed by atoms with Gasteiger partial charge < -0.3 is 15.8 Å². The lowest BCUT2D eigenvalue weighted by Crippen LogP contribution is -2.11. The molecule has 1 atom stereocenters. The van der Waals surface area contributed by atoms with E-state index in [0.717, 1.165) is 5.56 Å². The van der Waals surface area contributed by atoms with Crippen LogP contribution in [0.4, 0.5) is 11.5 Å². The van der Waals surface area contributed by atoms with E-state index < -0.39 is 5.97 Å². The number of benzene rings is 1. The van der Waals surface area contributed by atoms with Gasteiger partial charge in [0, 0.05) is 11.1 Å². The monoisotopic (exact) mass is 305 g/mol. The summed E-state index contributed by atoms with van der Waals surface area (Å²) in [7, 11) is 1.31. The van der Waals surface area contributed by atoms with E-state index in [1.165, 1.54) is 13.3 Å². The summed E-state index contributed by atoms with van der Waals surface area (Å²) in [5.74, 6) is 0.0594. The number of nitrogens with two attached hydrogens (primary N) is 1. The molecule has 2 aromatic rings. The summed E-state index contributed by atoms with van der Waals surface area (Å²) in [6.07, 6.45) is 1.43. The van der Waals surface area contributed by atoms with Crippen molar-refractivity contribution in [3.8, 4) is 0 Å². The number of esters is 1. The van der Waals surface area contributed by atoms with Crippen LogP contribution in [-0.2, 0) is 4.74 Å². The van der Waals surface area contributed by atoms with E-state index in [2.05, 4.69) is 15.0 Å². The topological polar surface area (TPSA) is 77.2 Å². The van der Waals surface area contributed by atoms with Crippen LogP contribution in [0.2, 0.25) is 5.02 Å². The highest BCUT2D eigenvalue weighted by Gasteiger charge is 2.13. The average molecular weight is 306 g/mol. The Morgan fingerprint density at radius 2 is 2.05 bits per heavy atom. The number of anilines is 2. The second-order valence-electron chi connectivity index (χ2n) is 4.57. The van der Waals surface area contributed by atoms with Gasteiger partial charge in [0.05, 0.1) is 24.6 Å². The summed E-state index contributed by atoms with van der Waals surface area (Å²) in [6.45, 7) is 1.99. The second-order valence-corrected chi connectivity index (χ2v) is 5.00. The van der Waals surface area contributed by atoms with Gasteiger partial charge in [0.25, 0.3) is 0 Å². The highest BCUT2D eigenvalue weighted by molar-refractivity contribution is 6.30. The minimum atomic E-state index is -0.489. The molecule has 110 valence electrons. The van der Waals surface area contributed by atoms with Crippen LogP contribution in [0.25, 0.3) is 0 Å². The van der Waals surface area contributed by atoms with Crippen LogP contribution < -0.4 is 11.1 Å². The molecular formula is C15H16ClN3O2. The number of aromatic nitrogens is 1. The maximum absolute atomic E-state index is 11.6. The van der Waals surface area contributed by atoms with Crippen LogP contribution >= 0.6 is 11.6 Å². The Kier molecular flexibility index (Phi) is 4.65. The third-order valence-corrected chi connectivity index (χ3v) is 3.33. The number of rotatable bonds is 4. The molecule has 0 bridgehead atoms. The number of hydrogen-bond acceptors (Lipinski definition) is 5. The molecule has 1 aromatic heterocycles. The molecule has 0 aliphatic rings. The molecule has 0 saturated heterocycles. The van der Waals surface area contributed by atoms with Crippen LogP contribution in [0.3, 0.4) is 0 Å². The molecule has 21 heavy (non-hydrogen) atoms. The fourth-order valence-electron chi connectivity index (χ4n) is 1.89. The number of ether oxygens (including phenoxy) is 1. The van der Waals surface area contributed by atoms with E-state index in [0.29, 0.717) is 16.4 Å². The predicted octanol–water partition coefficient (Wildman–Crippen LogP) is 3.28. The third kappa shape index (κ3) is 3.64. The first-order chi connectivity index (χ1) is 10.0. The quantitative estimate of drug-likeness (QED) is 0.848. The van der Waals surface area contributed by atoms with Crippen molar-refractivity contribution in [1.82, 2.24) is 4.98 Å². The summed E-state index contributed by atoms with van der Waals surface area (Å²) in [5.41, 5.74) is 7.35. The number of halogens is 1. The first-order valence-electron chi connectivity index (χ1n) is 6.37. The number of pyridine rings is 1. The van der Waals surface area contributed by atoms with Crippen molar-refractivity contribution in [2.24, 2.45) is 0 Å². The highest BCUT2D eigenvalue weighted by atomic mass is 35.5. The number of nitrogens with one attached hydrogen (secondary N) is 1. The van der Waals surface area contributed by atoms with Crippen LogP contribution in [0.15, 0.2) is 36.5 Å². The van der Waals surface area contributed by atoms with Gasteiger partial charge >= 0.3 is 5.97 Å². The molecule has 0 amide bonds. The molecule has 1 heterocycles. The van der Waals surface area contributed by atoms with Crippen LogP contribution in [0.5, 0.6) is 0 Å². The van der Waals surface area contributed by atoms with E-state index in [1.807, 2.05) is 31.2 Å². The largest absolute Gasteiger partial charge is 0.465 e. The summed E-state index contributed by atoms with van der Waals surface area (Å²) < 4.78 is 4.69. The summed E-state index contributed by atoms with van der Waals surface area (Å²) in [5, 5.41) is 3.89. The summed E-state index contributed by atoms with van der Waals surface area (Å²) >= 11 is 5.87. The summed E-state index contributed by atoms with van der Waals surface area (Å²) in [4.78, 5) is 15.8. The smallest absolute Gasteiger partial charge is 0.340 e. The standard InChI is InChI=1S/C15H16ClN3O2/c1-9(10-3-5-11(16)6-4-10)19-14-7-12(15(20)21-2)13(17)8-18-14/h3-9H,17H2,1-2H3,(H,18,19). The number of carbonyl (C=O) groups excluding carboxylic acids is 1. The van der Waals surface area contributed by atoms with E-state index in [1.54, 1.807) is 6.07 Å². The fraction of sp³-hybridized carbons (Fsp3) is 0.200. The molecule has 0 spiro atoms. The molecule has 5 nitrogen and oxygen atoms in total. The van der Waals surface area contributed by atoms with Crippen molar-refractivity contribution in [2.45, 2.75) is 13.0 Å². The molecule has 3 N–H and O–H groups in total. The van der Waals surface area contributed by atoms with Crippen molar-refractivity contribution in [2.75, 3.05) is 18.2 Å². The van der Waals surface area contributed by atoms with Gasteiger partial charge in [-0.3, -0.25) is 0 Å². The molecule has 6 heteroatoms. The molecule has 0 aliphatic heterocycles. The molecule has 0 saturated carbocycles. The average Bonchev–Trinajstić information content (AvgIpc) is 2.49. The fourth-order valence-corrected chi connectivity index (χ4v) is 2.01. The van der Waals surface area contributed by atoms with Gasteiger partial charge in [-0.1, -0.05) is 23.7 Å². The van der Waals surface area contributed by atoms with Crippen molar-refractivity contribution >= 4 is 29.1 Å². The van der Waals surface area contributed by atoms with Gasteiger partial charge in [-0.25, -0.2) is 9.78 Å². The molecule has 1 aromatic carbocycles. The Labute approximate surface area is 128 Å². The number of nitrogen functional groups attached to an aromatic ring is 1. The van der Waals surface area contributed by atoms with E-state index in [9.17, 15) is 4.79 Å². The van der Waals surface area contributed by atoms with Crippen molar-refractivity contribution in [1.29, 1.82) is 0 Å². The van der Waals surface area contributed by atoms with Crippen LogP contribution in [0, 0.1) is 0 Å². The van der Waals surface area contributed by atoms with Gasteiger partial charge in [-0.15, -0.1) is 0 Å². The highest BCUT2D eigenvalue weighted by Crippen LogP contribution is 2.22. The lowest BCUT2D eigenvalue weighted by atomic mass is 10.1. The van der Waals surface area contributed by atoms with Crippen molar-refractivity contribution in [3.05, 3.63) is 52.7 Å². The molecule has 2 rings (SSSR count). The molecule has 0 radical (unpaired) electrons. The second kappa shape index (κ2) is 6.45. The molecule has 0 aliphatic carbocycles. The Bertz CT molecular complexity index is 644. The SMILES string of the molecule is COC(=O)c1cc(NC(C)c2ccc(Cl)cc2)ncc1N. The van der Waals surface area contributed by atoms with Gasteiger partial charge in [0.2, 0.25) is 0 Å². The lowest BCUT2D eigenvalue weighted by molar-refractivity contribution is 0.0602. The zero-order valence-corrected chi connectivity index (χ0v) is 12.5. The maximum atomic E-state index is 11.6. The normalized spacial score (nSPS) is 11.8. The maximum Gasteiger partial charge on any atom is 0.340 e. The third-order valence-electron chi connectivity index (χ3n) is 3.07. The van der Waals surface area contributed by atoms with Crippen molar-refractivity contribution in [3.63, 3.8) is 0 Å². The van der Waals surface area contributed by atoms with E-state index in [4.69, 9.17) is 17.3 Å². The predicted molar refractivity (Wildman–Crippen MR) is 83.5 cm³/mol. The van der Waals surface area contributed by atoms with Crippen LogP contribution in [-0.4, -0.2) is 18.1 Å². The Morgan fingerprint density at radius 3 is 2.67 bits per heavy atom. The number of carbonyl (C=O) groups is 1. The molecular weight excluding hydrogens is 290 g/mol. The molecule has 1 unspecified atom stereocenters. The molecule has 0 fully saturated rings. The van der Waals surface area contributed by atoms with Crippen molar-refractivity contribution < 1.29 is 9.53 Å². The minimum Gasteiger partial charge on any atom is -0.465 e. The zero-order valence-electron chi connectivity index (χ0n) is 11.8. The zero-order chi connectivity index (χ0) is 15.4. The first-order valence-corrected chi connectivity index (χ1v) is 6.75. The minimum absolute atomic E-state index is 0.00360. The summed E-state index contributed by atoms with van der Waals surface area (Å²) in [6, 6.07) is 9.09. The van der Waals surface area contributed by atoms with Gasteiger partial charge in [-0.05, 0) is 30.7 Å². The Hall–Kier alpha value is -2.27.